The molecule has 238 valence electrons. The highest BCUT2D eigenvalue weighted by molar-refractivity contribution is 6.32. The molecule has 0 bridgehead atoms. The first kappa shape index (κ1) is 42.8. The Kier molecular flexibility index (Phi) is 26.1. The predicted octanol–water partition coefficient (Wildman–Crippen LogP) is 5.43. The first-order valence-corrected chi connectivity index (χ1v) is 13.1. The standard InChI is InChI=1S/C8H11N3O2.C8H13N3.C5H3ClN2O2.C3H9N.C2H3N.CH4O/c1-6(2)10-7-3-4-9-5-8(7)11(12)13;1-6(2)11-8-3-4-10-5-7(8)9;6-4-1-2-7-3-5(4)8(9)10;1-3(2)4;1-2-3;1-2/h3-6H,1-2H3,(H,9,10);3-6H,9H2,1-2H3,(H,10,11);1-3H;3H,4H2,1-2H3;1H3;2H,1H3. The van der Waals surface area contributed by atoms with Gasteiger partial charge in [-0.15, -0.1) is 0 Å². The molecule has 0 spiro atoms. The first-order chi connectivity index (χ1) is 20.2. The van der Waals surface area contributed by atoms with Crippen molar-refractivity contribution < 1.29 is 15.0 Å². The Morgan fingerprint density at radius 3 is 1.53 bits per heavy atom. The predicted molar refractivity (Wildman–Crippen MR) is 172 cm³/mol. The Morgan fingerprint density at radius 1 is 0.837 bits per heavy atom. The maximum Gasteiger partial charge on any atom is 0.310 e. The van der Waals surface area contributed by atoms with Gasteiger partial charge in [-0.3, -0.25) is 35.2 Å². The van der Waals surface area contributed by atoms with Crippen LogP contribution in [0.25, 0.3) is 0 Å². The van der Waals surface area contributed by atoms with Gasteiger partial charge in [-0.05, 0) is 51.9 Å². The molecule has 0 amide bonds. The summed E-state index contributed by atoms with van der Waals surface area (Å²) in [6.45, 7) is 13.3. The molecule has 0 saturated carbocycles. The molecular weight excluding hydrogens is 580 g/mol. The molecule has 0 unspecified atom stereocenters. The number of pyridine rings is 3. The minimum atomic E-state index is -0.574. The molecule has 0 saturated heterocycles. The lowest BCUT2D eigenvalue weighted by Gasteiger charge is -2.10. The summed E-state index contributed by atoms with van der Waals surface area (Å²) in [4.78, 5) is 30.7. The number of nitrogens with one attached hydrogen (secondary N) is 2. The number of halogens is 1. The fourth-order valence-electron chi connectivity index (χ4n) is 2.32. The zero-order chi connectivity index (χ0) is 34.0. The number of hydrogen-bond acceptors (Lipinski definition) is 13. The van der Waals surface area contributed by atoms with Gasteiger partial charge in [0.15, 0.2) is 0 Å². The molecule has 0 aliphatic carbocycles. The van der Waals surface area contributed by atoms with Crippen molar-refractivity contribution in [3.8, 4) is 6.07 Å². The molecule has 0 fully saturated rings. The second-order valence-corrected chi connectivity index (χ2v) is 9.17. The second kappa shape index (κ2) is 26.3. The van der Waals surface area contributed by atoms with Gasteiger partial charge in [0, 0.05) is 44.7 Å². The lowest BCUT2D eigenvalue weighted by atomic mass is 10.3. The van der Waals surface area contributed by atoms with Crippen molar-refractivity contribution in [1.29, 1.82) is 5.26 Å². The number of nitrogens with two attached hydrogens (primary N) is 2. The van der Waals surface area contributed by atoms with Crippen LogP contribution in [0.3, 0.4) is 0 Å². The van der Waals surface area contributed by atoms with Crippen molar-refractivity contribution in [2.75, 3.05) is 23.5 Å². The van der Waals surface area contributed by atoms with E-state index in [1.807, 2.05) is 33.8 Å². The monoisotopic (exact) mass is 622 g/mol. The SMILES string of the molecule is CC#N.CC(C)N.CC(C)Nc1ccncc1N.CC(C)Nc1ccncc1[N+](=O)[O-].CO.O=[N+]([O-])c1cnccc1Cl. The summed E-state index contributed by atoms with van der Waals surface area (Å²) in [5.74, 6) is 0. The molecule has 3 heterocycles. The number of hydrogen-bond donors (Lipinski definition) is 5. The molecule has 0 aromatic carbocycles. The number of nitriles is 1. The Morgan fingerprint density at radius 2 is 1.19 bits per heavy atom. The van der Waals surface area contributed by atoms with Crippen LogP contribution in [0, 0.1) is 31.6 Å². The van der Waals surface area contributed by atoms with Crippen LogP contribution in [0.15, 0.2) is 55.4 Å². The zero-order valence-corrected chi connectivity index (χ0v) is 26.5. The molecule has 3 aromatic heterocycles. The van der Waals surface area contributed by atoms with Gasteiger partial charge in [-0.25, -0.2) is 0 Å². The molecule has 0 radical (unpaired) electrons. The lowest BCUT2D eigenvalue weighted by molar-refractivity contribution is -0.385. The number of anilines is 3. The molecule has 0 atom stereocenters. The number of aliphatic hydroxyl groups excluding tert-OH is 1. The van der Waals surface area contributed by atoms with Gasteiger partial charge < -0.3 is 27.2 Å². The fourth-order valence-corrected chi connectivity index (χ4v) is 2.49. The van der Waals surface area contributed by atoms with Crippen LogP contribution in [0.1, 0.15) is 48.5 Å². The van der Waals surface area contributed by atoms with E-state index in [0.717, 1.165) is 19.0 Å². The molecule has 7 N–H and O–H groups in total. The van der Waals surface area contributed by atoms with Crippen LogP contribution in [-0.2, 0) is 0 Å². The normalized spacial score (nSPS) is 8.95. The minimum Gasteiger partial charge on any atom is -0.400 e. The van der Waals surface area contributed by atoms with Crippen molar-refractivity contribution >= 4 is 40.0 Å². The van der Waals surface area contributed by atoms with Crippen LogP contribution in [0.2, 0.25) is 5.02 Å². The lowest BCUT2D eigenvalue weighted by Crippen LogP contribution is -2.11. The minimum absolute atomic E-state index is 0.0104. The summed E-state index contributed by atoms with van der Waals surface area (Å²) < 4.78 is 0. The van der Waals surface area contributed by atoms with E-state index >= 15 is 0 Å². The van der Waals surface area contributed by atoms with Crippen LogP contribution in [0.4, 0.5) is 28.4 Å². The van der Waals surface area contributed by atoms with Crippen LogP contribution < -0.4 is 22.1 Å². The zero-order valence-electron chi connectivity index (χ0n) is 25.7. The molecule has 0 aliphatic heterocycles. The Bertz CT molecular complexity index is 1220. The van der Waals surface area contributed by atoms with Crippen LogP contribution in [0.5, 0.6) is 0 Å². The fraction of sp³-hybridized carbons (Fsp3) is 0.407. The molecule has 0 aliphatic rings. The van der Waals surface area contributed by atoms with Crippen molar-refractivity contribution in [2.45, 2.75) is 66.6 Å². The van der Waals surface area contributed by atoms with Gasteiger partial charge in [0.1, 0.15) is 23.1 Å². The average Bonchev–Trinajstić information content (AvgIpc) is 2.92. The van der Waals surface area contributed by atoms with E-state index in [0.29, 0.717) is 23.5 Å². The molecular formula is C27H43ClN10O5. The summed E-state index contributed by atoms with van der Waals surface area (Å²) in [6, 6.07) is 7.49. The van der Waals surface area contributed by atoms with Gasteiger partial charge in [0.2, 0.25) is 0 Å². The maximum absolute atomic E-state index is 10.5. The number of aliphatic hydroxyl groups is 1. The quantitative estimate of drug-likeness (QED) is 0.170. The highest BCUT2D eigenvalue weighted by atomic mass is 35.5. The first-order valence-electron chi connectivity index (χ1n) is 12.7. The van der Waals surface area contributed by atoms with E-state index in [1.165, 1.54) is 31.6 Å². The summed E-state index contributed by atoms with van der Waals surface area (Å²) in [6.07, 6.45) is 8.64. The molecule has 3 aromatic rings. The van der Waals surface area contributed by atoms with Crippen LogP contribution in [-0.4, -0.2) is 55.1 Å². The number of nitrogens with zero attached hydrogens (tertiary/aromatic N) is 6. The van der Waals surface area contributed by atoms with Crippen molar-refractivity contribution in [3.63, 3.8) is 0 Å². The maximum atomic E-state index is 10.5. The average molecular weight is 623 g/mol. The number of rotatable bonds is 6. The Hall–Kier alpha value is -4.65. The molecule has 15 nitrogen and oxygen atoms in total. The summed E-state index contributed by atoms with van der Waals surface area (Å²) in [7, 11) is 1.00. The summed E-state index contributed by atoms with van der Waals surface area (Å²) in [5, 5.41) is 41.2. The molecule has 16 heteroatoms. The highest BCUT2D eigenvalue weighted by Gasteiger charge is 2.13. The van der Waals surface area contributed by atoms with E-state index in [2.05, 4.69) is 39.4 Å². The Balaban J connectivity index is -0.000000493. The van der Waals surface area contributed by atoms with Crippen LogP contribution >= 0.6 is 11.6 Å². The van der Waals surface area contributed by atoms with E-state index in [1.54, 1.807) is 24.5 Å². The van der Waals surface area contributed by atoms with Crippen molar-refractivity contribution in [1.82, 2.24) is 15.0 Å². The van der Waals surface area contributed by atoms with E-state index in [-0.39, 0.29) is 22.4 Å². The largest absolute Gasteiger partial charge is 0.400 e. The summed E-state index contributed by atoms with van der Waals surface area (Å²) in [5.41, 5.74) is 12.8. The highest BCUT2D eigenvalue weighted by Crippen LogP contribution is 2.22. The van der Waals surface area contributed by atoms with E-state index < -0.39 is 9.85 Å². The molecule has 3 rings (SSSR count). The van der Waals surface area contributed by atoms with Gasteiger partial charge in [0.05, 0.1) is 33.5 Å². The third-order valence-electron chi connectivity index (χ3n) is 3.68. The number of nitro groups is 2. The van der Waals surface area contributed by atoms with Gasteiger partial charge in [-0.1, -0.05) is 25.4 Å². The summed E-state index contributed by atoms with van der Waals surface area (Å²) >= 11 is 5.44. The van der Waals surface area contributed by atoms with Crippen molar-refractivity contribution in [2.24, 2.45) is 5.73 Å². The van der Waals surface area contributed by atoms with E-state index in [9.17, 15) is 20.2 Å². The second-order valence-electron chi connectivity index (χ2n) is 8.76. The van der Waals surface area contributed by atoms with Gasteiger partial charge in [-0.2, -0.15) is 5.26 Å². The third kappa shape index (κ3) is 23.7. The number of aromatic nitrogens is 3. The third-order valence-corrected chi connectivity index (χ3v) is 4.00. The topological polar surface area (TPSA) is 245 Å². The van der Waals surface area contributed by atoms with Crippen molar-refractivity contribution in [3.05, 3.63) is 80.6 Å². The van der Waals surface area contributed by atoms with Gasteiger partial charge in [0.25, 0.3) is 0 Å². The van der Waals surface area contributed by atoms with E-state index in [4.69, 9.17) is 33.4 Å². The Labute approximate surface area is 257 Å². The smallest absolute Gasteiger partial charge is 0.310 e. The number of nitrogen functional groups attached to an aromatic ring is 1. The molecule has 43 heavy (non-hydrogen) atoms. The van der Waals surface area contributed by atoms with Gasteiger partial charge >= 0.3 is 11.4 Å².